The second-order valence-corrected chi connectivity index (χ2v) is 5.64. The van der Waals surface area contributed by atoms with E-state index in [-0.39, 0.29) is 0 Å². The Hall–Kier alpha value is -2.27. The summed E-state index contributed by atoms with van der Waals surface area (Å²) in [7, 11) is 1.68. The molecule has 1 aromatic heterocycles. The molecule has 0 aliphatic carbocycles. The second kappa shape index (κ2) is 6.66. The van der Waals surface area contributed by atoms with Crippen LogP contribution in [-0.2, 0) is 6.54 Å². The Morgan fingerprint density at radius 1 is 1.14 bits per heavy atom. The van der Waals surface area contributed by atoms with Crippen LogP contribution in [0.25, 0.3) is 5.69 Å². The molecule has 2 aromatic carbocycles. The molecular weight excluding hydrogens is 342 g/mol. The third-order valence-electron chi connectivity index (χ3n) is 3.36. The van der Waals surface area contributed by atoms with Crippen LogP contribution in [0.5, 0.6) is 5.75 Å². The molecule has 0 spiro atoms. The number of anilines is 1. The number of nitrogens with one attached hydrogen (secondary N) is 1. The Labute approximate surface area is 137 Å². The van der Waals surface area contributed by atoms with E-state index in [1.54, 1.807) is 7.11 Å². The van der Waals surface area contributed by atoms with Gasteiger partial charge in [-0.05, 0) is 34.1 Å². The number of ether oxygens (including phenoxy) is 1. The molecule has 0 aliphatic heterocycles. The van der Waals surface area contributed by atoms with E-state index in [2.05, 4.69) is 26.3 Å². The van der Waals surface area contributed by atoms with Crippen molar-refractivity contribution in [2.45, 2.75) is 6.54 Å². The second-order valence-electron chi connectivity index (χ2n) is 4.79. The van der Waals surface area contributed by atoms with Crippen molar-refractivity contribution < 1.29 is 4.74 Å². The summed E-state index contributed by atoms with van der Waals surface area (Å²) < 4.78 is 8.21. The number of nitrogens with zero attached hydrogens (tertiary/aromatic N) is 2. The van der Waals surface area contributed by atoms with Gasteiger partial charge in [-0.1, -0.05) is 30.3 Å². The molecular formula is C17H16BrN3O. The van der Waals surface area contributed by atoms with E-state index >= 15 is 0 Å². The summed E-state index contributed by atoms with van der Waals surface area (Å²) in [6.07, 6.45) is 3.78. The van der Waals surface area contributed by atoms with Crippen LogP contribution in [0, 0.1) is 0 Å². The SMILES string of the molecule is COc1ccccc1CNc1cnn(-c2ccccc2Br)c1. The number of halogens is 1. The van der Waals surface area contributed by atoms with E-state index in [1.165, 1.54) is 0 Å². The first-order valence-electron chi connectivity index (χ1n) is 6.93. The standard InChI is InChI=1S/C17H16BrN3O/c1-22-17-9-5-2-6-13(17)10-19-14-11-20-21(12-14)16-8-4-3-7-15(16)18/h2-9,11-12,19H,10H2,1H3. The fourth-order valence-corrected chi connectivity index (χ4v) is 2.70. The first kappa shape index (κ1) is 14.7. The van der Waals surface area contributed by atoms with Gasteiger partial charge in [0.25, 0.3) is 0 Å². The van der Waals surface area contributed by atoms with Crippen LogP contribution < -0.4 is 10.1 Å². The quantitative estimate of drug-likeness (QED) is 0.741. The van der Waals surface area contributed by atoms with Gasteiger partial charge >= 0.3 is 0 Å². The number of rotatable bonds is 5. The highest BCUT2D eigenvalue weighted by atomic mass is 79.9. The van der Waals surface area contributed by atoms with Crippen LogP contribution in [-0.4, -0.2) is 16.9 Å². The topological polar surface area (TPSA) is 39.1 Å². The monoisotopic (exact) mass is 357 g/mol. The summed E-state index contributed by atoms with van der Waals surface area (Å²) in [6, 6.07) is 16.0. The molecule has 0 saturated heterocycles. The zero-order chi connectivity index (χ0) is 15.4. The highest BCUT2D eigenvalue weighted by Crippen LogP contribution is 2.22. The first-order chi connectivity index (χ1) is 10.8. The average molecular weight is 358 g/mol. The Kier molecular flexibility index (Phi) is 4.44. The van der Waals surface area contributed by atoms with E-state index in [0.717, 1.165) is 27.2 Å². The predicted octanol–water partition coefficient (Wildman–Crippen LogP) is 4.26. The van der Waals surface area contributed by atoms with Crippen molar-refractivity contribution in [1.82, 2.24) is 9.78 Å². The normalized spacial score (nSPS) is 10.5. The van der Waals surface area contributed by atoms with E-state index in [9.17, 15) is 0 Å². The van der Waals surface area contributed by atoms with Gasteiger partial charge in [0.1, 0.15) is 5.75 Å². The predicted molar refractivity (Wildman–Crippen MR) is 91.6 cm³/mol. The Balaban J connectivity index is 1.74. The Morgan fingerprint density at radius 2 is 1.91 bits per heavy atom. The van der Waals surface area contributed by atoms with Crippen LogP contribution >= 0.6 is 15.9 Å². The minimum atomic E-state index is 0.686. The molecule has 1 heterocycles. The van der Waals surface area contributed by atoms with Crippen molar-refractivity contribution in [3.63, 3.8) is 0 Å². The number of aromatic nitrogens is 2. The number of benzene rings is 2. The Bertz CT molecular complexity index is 770. The third-order valence-corrected chi connectivity index (χ3v) is 4.03. The van der Waals surface area contributed by atoms with Crippen molar-refractivity contribution in [2.24, 2.45) is 0 Å². The van der Waals surface area contributed by atoms with Crippen molar-refractivity contribution >= 4 is 21.6 Å². The third kappa shape index (κ3) is 3.14. The summed E-state index contributed by atoms with van der Waals surface area (Å²) in [4.78, 5) is 0. The summed E-state index contributed by atoms with van der Waals surface area (Å²) in [5.74, 6) is 0.883. The van der Waals surface area contributed by atoms with E-state index in [4.69, 9.17) is 4.74 Å². The van der Waals surface area contributed by atoms with Gasteiger partial charge in [-0.3, -0.25) is 0 Å². The molecule has 0 radical (unpaired) electrons. The van der Waals surface area contributed by atoms with Crippen molar-refractivity contribution in [2.75, 3.05) is 12.4 Å². The maximum atomic E-state index is 5.36. The van der Waals surface area contributed by atoms with Crippen molar-refractivity contribution in [1.29, 1.82) is 0 Å². The van der Waals surface area contributed by atoms with Gasteiger partial charge in [-0.2, -0.15) is 5.10 Å². The van der Waals surface area contributed by atoms with Crippen molar-refractivity contribution in [3.05, 3.63) is 71.0 Å². The van der Waals surface area contributed by atoms with Crippen LogP contribution in [0.1, 0.15) is 5.56 Å². The van der Waals surface area contributed by atoms with E-state index in [0.29, 0.717) is 6.54 Å². The molecule has 112 valence electrons. The molecule has 5 heteroatoms. The molecule has 0 atom stereocenters. The molecule has 0 aliphatic rings. The Morgan fingerprint density at radius 3 is 2.73 bits per heavy atom. The average Bonchev–Trinajstić information content (AvgIpc) is 3.02. The lowest BCUT2D eigenvalue weighted by atomic mass is 10.2. The number of para-hydroxylation sites is 2. The first-order valence-corrected chi connectivity index (χ1v) is 7.72. The fraction of sp³-hybridized carbons (Fsp3) is 0.118. The highest BCUT2D eigenvalue weighted by Gasteiger charge is 2.05. The number of hydrogen-bond donors (Lipinski definition) is 1. The molecule has 3 aromatic rings. The minimum absolute atomic E-state index is 0.686. The van der Waals surface area contributed by atoms with Gasteiger partial charge in [0.05, 0.1) is 30.9 Å². The fourth-order valence-electron chi connectivity index (χ4n) is 2.23. The van der Waals surface area contributed by atoms with Gasteiger partial charge in [-0.15, -0.1) is 0 Å². The zero-order valence-corrected chi connectivity index (χ0v) is 13.7. The van der Waals surface area contributed by atoms with Crippen LogP contribution in [0.3, 0.4) is 0 Å². The van der Waals surface area contributed by atoms with Gasteiger partial charge in [-0.25, -0.2) is 4.68 Å². The van der Waals surface area contributed by atoms with E-state index in [1.807, 2.05) is 65.6 Å². The molecule has 3 rings (SSSR count). The van der Waals surface area contributed by atoms with E-state index < -0.39 is 0 Å². The molecule has 0 unspecified atom stereocenters. The molecule has 4 nitrogen and oxygen atoms in total. The van der Waals surface area contributed by atoms with Gasteiger partial charge in [0.15, 0.2) is 0 Å². The number of methoxy groups -OCH3 is 1. The zero-order valence-electron chi connectivity index (χ0n) is 12.2. The maximum absolute atomic E-state index is 5.36. The summed E-state index contributed by atoms with van der Waals surface area (Å²) >= 11 is 3.54. The lowest BCUT2D eigenvalue weighted by molar-refractivity contribution is 0.410. The molecule has 0 bridgehead atoms. The summed E-state index contributed by atoms with van der Waals surface area (Å²) in [5.41, 5.74) is 3.08. The van der Waals surface area contributed by atoms with Crippen molar-refractivity contribution in [3.8, 4) is 11.4 Å². The molecule has 0 saturated carbocycles. The number of hydrogen-bond acceptors (Lipinski definition) is 3. The van der Waals surface area contributed by atoms with Gasteiger partial charge in [0, 0.05) is 16.6 Å². The molecule has 22 heavy (non-hydrogen) atoms. The molecule has 1 N–H and O–H groups in total. The maximum Gasteiger partial charge on any atom is 0.123 e. The van der Waals surface area contributed by atoms with Gasteiger partial charge < -0.3 is 10.1 Å². The molecule has 0 amide bonds. The summed E-state index contributed by atoms with van der Waals surface area (Å²) in [5, 5.41) is 7.76. The van der Waals surface area contributed by atoms with Crippen LogP contribution in [0.15, 0.2) is 65.4 Å². The summed E-state index contributed by atoms with van der Waals surface area (Å²) in [6.45, 7) is 0.686. The van der Waals surface area contributed by atoms with Crippen LogP contribution in [0.2, 0.25) is 0 Å². The largest absolute Gasteiger partial charge is 0.496 e. The lowest BCUT2D eigenvalue weighted by Crippen LogP contribution is -2.01. The van der Waals surface area contributed by atoms with Crippen LogP contribution in [0.4, 0.5) is 5.69 Å². The highest BCUT2D eigenvalue weighted by molar-refractivity contribution is 9.10. The minimum Gasteiger partial charge on any atom is -0.496 e. The smallest absolute Gasteiger partial charge is 0.123 e. The lowest BCUT2D eigenvalue weighted by Gasteiger charge is -2.08. The van der Waals surface area contributed by atoms with Gasteiger partial charge in [0.2, 0.25) is 0 Å². The molecule has 0 fully saturated rings.